The average Bonchev–Trinajstić information content (AvgIpc) is 3.43. The molecule has 1 aromatic heterocycles. The van der Waals surface area contributed by atoms with Crippen molar-refractivity contribution in [3.05, 3.63) is 78.1 Å². The van der Waals surface area contributed by atoms with Gasteiger partial charge in [0.1, 0.15) is 35.9 Å². The Morgan fingerprint density at radius 3 is 2.63 bits per heavy atom. The maximum atomic E-state index is 13.7. The summed E-state index contributed by atoms with van der Waals surface area (Å²) in [4.78, 5) is 17.8. The summed E-state index contributed by atoms with van der Waals surface area (Å²) in [5.41, 5.74) is 0.824. The van der Waals surface area contributed by atoms with E-state index in [0.29, 0.717) is 47.8 Å². The Morgan fingerprint density at radius 1 is 1.11 bits per heavy atom. The molecule has 0 aliphatic heterocycles. The van der Waals surface area contributed by atoms with Gasteiger partial charge in [-0.05, 0) is 48.6 Å². The van der Waals surface area contributed by atoms with Crippen molar-refractivity contribution >= 4 is 22.5 Å². The quantitative estimate of drug-likeness (QED) is 0.138. The number of ether oxygens (including phenoxy) is 2. The molecule has 1 heterocycles. The molecule has 1 amide bonds. The van der Waals surface area contributed by atoms with Crippen LogP contribution in [0.25, 0.3) is 22.1 Å². The van der Waals surface area contributed by atoms with E-state index in [4.69, 9.17) is 19.3 Å². The Morgan fingerprint density at radius 2 is 1.89 bits per heavy atom. The number of hydrogen-bond donors (Lipinski definition) is 3. The van der Waals surface area contributed by atoms with E-state index in [-0.39, 0.29) is 11.7 Å². The van der Waals surface area contributed by atoms with Crippen LogP contribution in [0.5, 0.6) is 11.5 Å². The zero-order valence-electron chi connectivity index (χ0n) is 21.0. The van der Waals surface area contributed by atoms with Gasteiger partial charge in [-0.25, -0.2) is 13.8 Å². The minimum atomic E-state index is -0.885. The fourth-order valence-corrected chi connectivity index (χ4v) is 4.11. The summed E-state index contributed by atoms with van der Waals surface area (Å²) < 4.78 is 43.2. The Balaban J connectivity index is 1.61. The molecular weight excluding hydrogens is 494 g/mol. The number of oxazole rings is 1. The second-order valence-corrected chi connectivity index (χ2v) is 8.51. The van der Waals surface area contributed by atoms with E-state index in [1.165, 1.54) is 25.4 Å². The number of hydrogen-bond acceptors (Lipinski definition) is 6. The zero-order chi connectivity index (χ0) is 27.1. The monoisotopic (exact) mass is 522 g/mol. The summed E-state index contributed by atoms with van der Waals surface area (Å²) in [6.45, 7) is -0.560. The number of nitrogens with zero attached hydrogens (tertiary/aromatic N) is 1. The van der Waals surface area contributed by atoms with E-state index in [1.807, 2.05) is 18.2 Å². The first-order chi connectivity index (χ1) is 18.4. The molecule has 0 fully saturated rings. The molecule has 10 heteroatoms. The van der Waals surface area contributed by atoms with Crippen LogP contribution in [0.1, 0.15) is 35.1 Å². The van der Waals surface area contributed by atoms with Crippen LogP contribution >= 0.6 is 0 Å². The predicted molar refractivity (Wildman–Crippen MR) is 140 cm³/mol. The first-order valence-electron chi connectivity index (χ1n) is 12.0. The molecule has 0 aliphatic rings. The molecule has 3 N–H and O–H groups in total. The molecule has 0 spiro atoms. The second-order valence-electron chi connectivity index (χ2n) is 8.51. The summed E-state index contributed by atoms with van der Waals surface area (Å²) in [5, 5.41) is 14.7. The van der Waals surface area contributed by atoms with Crippen LogP contribution in [0.3, 0.4) is 0 Å². The summed E-state index contributed by atoms with van der Waals surface area (Å²) in [6.07, 6.45) is 2.34. The van der Waals surface area contributed by atoms with Gasteiger partial charge in [-0.15, -0.1) is 0 Å². The van der Waals surface area contributed by atoms with Crippen molar-refractivity contribution in [2.24, 2.45) is 0 Å². The van der Waals surface area contributed by atoms with Crippen molar-refractivity contribution in [3.63, 3.8) is 0 Å². The highest BCUT2D eigenvalue weighted by Crippen LogP contribution is 2.33. The van der Waals surface area contributed by atoms with Gasteiger partial charge in [0, 0.05) is 17.5 Å². The molecule has 8 nitrogen and oxygen atoms in total. The SMILES string of the molecule is COc1cc2c(OC)cccc2cc1C(=O)NC(CCCNC(=N)CF)c1ncc(-c2cccc(F)c2)o1. The van der Waals surface area contributed by atoms with Gasteiger partial charge in [0.25, 0.3) is 5.91 Å². The summed E-state index contributed by atoms with van der Waals surface area (Å²) in [7, 11) is 3.06. The number of rotatable bonds is 11. The van der Waals surface area contributed by atoms with Gasteiger partial charge in [-0.1, -0.05) is 24.3 Å². The van der Waals surface area contributed by atoms with Gasteiger partial charge in [-0.2, -0.15) is 0 Å². The van der Waals surface area contributed by atoms with Gasteiger partial charge >= 0.3 is 0 Å². The lowest BCUT2D eigenvalue weighted by Crippen LogP contribution is -2.31. The van der Waals surface area contributed by atoms with Crippen molar-refractivity contribution < 1.29 is 27.5 Å². The number of amides is 1. The van der Waals surface area contributed by atoms with Crippen LogP contribution in [0.15, 0.2) is 65.2 Å². The smallest absolute Gasteiger partial charge is 0.255 e. The van der Waals surface area contributed by atoms with Crippen molar-refractivity contribution in [2.75, 3.05) is 27.4 Å². The van der Waals surface area contributed by atoms with E-state index in [9.17, 15) is 13.6 Å². The highest BCUT2D eigenvalue weighted by molar-refractivity contribution is 6.03. The van der Waals surface area contributed by atoms with Gasteiger partial charge in [0.2, 0.25) is 5.89 Å². The van der Waals surface area contributed by atoms with E-state index >= 15 is 0 Å². The Kier molecular flexibility index (Phi) is 8.52. The number of amidine groups is 1. The third-order valence-electron chi connectivity index (χ3n) is 6.00. The van der Waals surface area contributed by atoms with E-state index < -0.39 is 24.4 Å². The molecule has 3 aromatic carbocycles. The van der Waals surface area contributed by atoms with Gasteiger partial charge in [0.05, 0.1) is 26.0 Å². The molecule has 0 saturated heterocycles. The molecule has 1 unspecified atom stereocenters. The van der Waals surface area contributed by atoms with Gasteiger partial charge < -0.3 is 24.5 Å². The van der Waals surface area contributed by atoms with Crippen molar-refractivity contribution in [2.45, 2.75) is 18.9 Å². The molecule has 0 bridgehead atoms. The van der Waals surface area contributed by atoms with Gasteiger partial charge in [0.15, 0.2) is 5.76 Å². The van der Waals surface area contributed by atoms with Crippen molar-refractivity contribution in [1.29, 1.82) is 5.41 Å². The number of methoxy groups -OCH3 is 2. The molecule has 0 aliphatic carbocycles. The third kappa shape index (κ3) is 6.08. The molecule has 198 valence electrons. The lowest BCUT2D eigenvalue weighted by Gasteiger charge is -2.18. The topological polar surface area (TPSA) is 109 Å². The van der Waals surface area contributed by atoms with Crippen LogP contribution in [0.4, 0.5) is 8.78 Å². The van der Waals surface area contributed by atoms with Crippen LogP contribution in [0, 0.1) is 11.2 Å². The predicted octanol–water partition coefficient (Wildman–Crippen LogP) is 5.44. The summed E-state index contributed by atoms with van der Waals surface area (Å²) >= 11 is 0. The van der Waals surface area contributed by atoms with Crippen LogP contribution in [-0.2, 0) is 0 Å². The minimum Gasteiger partial charge on any atom is -0.496 e. The fourth-order valence-electron chi connectivity index (χ4n) is 4.11. The number of carbonyl (C=O) groups is 1. The van der Waals surface area contributed by atoms with Crippen molar-refractivity contribution in [3.8, 4) is 22.8 Å². The Hall–Kier alpha value is -4.47. The maximum absolute atomic E-state index is 13.7. The fraction of sp³-hybridized carbons (Fsp3) is 0.250. The van der Waals surface area contributed by atoms with Crippen LogP contribution < -0.4 is 20.1 Å². The lowest BCUT2D eigenvalue weighted by molar-refractivity contribution is 0.0924. The van der Waals surface area contributed by atoms with E-state index in [0.717, 1.165) is 10.8 Å². The number of fused-ring (bicyclic) bond motifs is 1. The van der Waals surface area contributed by atoms with Crippen LogP contribution in [0.2, 0.25) is 0 Å². The third-order valence-corrected chi connectivity index (χ3v) is 6.00. The van der Waals surface area contributed by atoms with E-state index in [1.54, 1.807) is 31.4 Å². The first-order valence-corrected chi connectivity index (χ1v) is 12.0. The number of carbonyl (C=O) groups excluding carboxylic acids is 1. The largest absolute Gasteiger partial charge is 0.496 e. The number of aromatic nitrogens is 1. The highest BCUT2D eigenvalue weighted by atomic mass is 19.1. The standard InChI is InChI=1S/C28H28F2N4O4/c1-36-23-10-4-6-17-13-21(24(37-2)14-20(17)23)27(35)34-22(9-5-11-32-26(31)15-29)28-33-16-25(38-28)18-7-3-8-19(30)12-18/h3-4,6-8,10,12-14,16,22H,5,9,11,15H2,1-2H3,(H2,31,32)(H,34,35). The maximum Gasteiger partial charge on any atom is 0.255 e. The van der Waals surface area contributed by atoms with Gasteiger partial charge in [-0.3, -0.25) is 10.2 Å². The zero-order valence-corrected chi connectivity index (χ0v) is 21.0. The number of alkyl halides is 1. The Labute approximate surface area is 218 Å². The molecule has 4 aromatic rings. The average molecular weight is 523 g/mol. The minimum absolute atomic E-state index is 0.216. The molecular formula is C28H28F2N4O4. The summed E-state index contributed by atoms with van der Waals surface area (Å²) in [6, 6.07) is 14.3. The van der Waals surface area contributed by atoms with E-state index in [2.05, 4.69) is 15.6 Å². The number of halogens is 2. The molecule has 38 heavy (non-hydrogen) atoms. The number of nitrogens with one attached hydrogen (secondary N) is 3. The lowest BCUT2D eigenvalue weighted by atomic mass is 10.0. The van der Waals surface area contributed by atoms with Crippen LogP contribution in [-0.4, -0.2) is 44.2 Å². The molecule has 0 radical (unpaired) electrons. The molecule has 0 saturated carbocycles. The first kappa shape index (κ1) is 26.6. The molecule has 4 rings (SSSR count). The number of benzene rings is 3. The Bertz CT molecular complexity index is 1440. The highest BCUT2D eigenvalue weighted by Gasteiger charge is 2.23. The molecule has 1 atom stereocenters. The second kappa shape index (κ2) is 12.2. The van der Waals surface area contributed by atoms with Crippen molar-refractivity contribution in [1.82, 2.24) is 15.6 Å². The normalized spacial score (nSPS) is 11.7. The summed E-state index contributed by atoms with van der Waals surface area (Å²) in [5.74, 6) is 0.571.